The number of imidazole rings is 1. The zero-order valence-electron chi connectivity index (χ0n) is 9.97. The van der Waals surface area contributed by atoms with Gasteiger partial charge in [-0.25, -0.2) is 4.98 Å². The van der Waals surface area contributed by atoms with E-state index in [0.29, 0.717) is 6.42 Å². The summed E-state index contributed by atoms with van der Waals surface area (Å²) in [4.78, 5) is 7.07. The van der Waals surface area contributed by atoms with Crippen LogP contribution in [0.3, 0.4) is 0 Å². The minimum Gasteiger partial charge on any atom is -0.496 e. The molecule has 0 fully saturated rings. The molecule has 2 aromatic rings. The fourth-order valence-electron chi connectivity index (χ4n) is 1.75. The highest BCUT2D eigenvalue weighted by Gasteiger charge is 2.11. The SMILES string of the molecule is COc1cc(C(O)Cc2ncc[nH]2)ccc1C. The quantitative estimate of drug-likeness (QED) is 0.847. The maximum atomic E-state index is 10.1. The number of benzene rings is 1. The second-order valence-corrected chi connectivity index (χ2v) is 3.98. The number of aliphatic hydroxyl groups is 1. The molecule has 0 aliphatic heterocycles. The minimum atomic E-state index is -0.573. The molecule has 1 heterocycles. The lowest BCUT2D eigenvalue weighted by molar-refractivity contribution is 0.175. The molecular weight excluding hydrogens is 216 g/mol. The Morgan fingerprint density at radius 2 is 2.29 bits per heavy atom. The zero-order valence-corrected chi connectivity index (χ0v) is 9.97. The number of hydrogen-bond acceptors (Lipinski definition) is 3. The number of aromatic amines is 1. The number of nitrogens with zero attached hydrogens (tertiary/aromatic N) is 1. The number of methoxy groups -OCH3 is 1. The van der Waals surface area contributed by atoms with Gasteiger partial charge in [-0.15, -0.1) is 0 Å². The molecule has 0 saturated heterocycles. The molecule has 2 rings (SSSR count). The molecule has 0 saturated carbocycles. The van der Waals surface area contributed by atoms with E-state index in [1.54, 1.807) is 19.5 Å². The molecule has 0 radical (unpaired) electrons. The van der Waals surface area contributed by atoms with Gasteiger partial charge >= 0.3 is 0 Å². The highest BCUT2D eigenvalue weighted by molar-refractivity contribution is 5.37. The number of aromatic nitrogens is 2. The van der Waals surface area contributed by atoms with Crippen molar-refractivity contribution in [3.63, 3.8) is 0 Å². The van der Waals surface area contributed by atoms with Gasteiger partial charge in [-0.3, -0.25) is 0 Å². The fraction of sp³-hybridized carbons (Fsp3) is 0.308. The third-order valence-corrected chi connectivity index (χ3v) is 2.76. The van der Waals surface area contributed by atoms with Crippen LogP contribution in [0.25, 0.3) is 0 Å². The summed E-state index contributed by atoms with van der Waals surface area (Å²) in [5.41, 5.74) is 1.89. The lowest BCUT2D eigenvalue weighted by Crippen LogP contribution is -2.04. The average molecular weight is 232 g/mol. The molecule has 1 atom stereocenters. The van der Waals surface area contributed by atoms with Gasteiger partial charge in [0.15, 0.2) is 0 Å². The lowest BCUT2D eigenvalue weighted by Gasteiger charge is -2.12. The molecule has 4 heteroatoms. The second-order valence-electron chi connectivity index (χ2n) is 3.98. The van der Waals surface area contributed by atoms with Crippen molar-refractivity contribution in [1.29, 1.82) is 0 Å². The van der Waals surface area contributed by atoms with E-state index in [9.17, 15) is 5.11 Å². The molecule has 1 aromatic carbocycles. The third-order valence-electron chi connectivity index (χ3n) is 2.76. The lowest BCUT2D eigenvalue weighted by atomic mass is 10.0. The zero-order chi connectivity index (χ0) is 12.3. The van der Waals surface area contributed by atoms with Crippen LogP contribution in [0.2, 0.25) is 0 Å². The molecule has 1 unspecified atom stereocenters. The first-order valence-electron chi connectivity index (χ1n) is 5.51. The third kappa shape index (κ3) is 2.65. The van der Waals surface area contributed by atoms with Gasteiger partial charge in [0.2, 0.25) is 0 Å². The molecule has 2 N–H and O–H groups in total. The summed E-state index contributed by atoms with van der Waals surface area (Å²) in [6.07, 6.45) is 3.32. The maximum absolute atomic E-state index is 10.1. The van der Waals surface area contributed by atoms with Crippen molar-refractivity contribution in [2.45, 2.75) is 19.4 Å². The maximum Gasteiger partial charge on any atom is 0.122 e. The smallest absolute Gasteiger partial charge is 0.122 e. The molecule has 4 nitrogen and oxygen atoms in total. The fourth-order valence-corrected chi connectivity index (χ4v) is 1.75. The van der Waals surface area contributed by atoms with E-state index in [0.717, 1.165) is 22.7 Å². The molecule has 0 aliphatic carbocycles. The Morgan fingerprint density at radius 1 is 1.47 bits per heavy atom. The van der Waals surface area contributed by atoms with Crippen LogP contribution < -0.4 is 4.74 Å². The number of nitrogens with one attached hydrogen (secondary N) is 1. The standard InChI is InChI=1S/C13H16N2O2/c1-9-3-4-10(7-12(9)17-2)11(16)8-13-14-5-6-15-13/h3-7,11,16H,8H2,1-2H3,(H,14,15). The summed E-state index contributed by atoms with van der Waals surface area (Å²) >= 11 is 0. The van der Waals surface area contributed by atoms with Crippen molar-refractivity contribution in [3.8, 4) is 5.75 Å². The summed E-state index contributed by atoms with van der Waals surface area (Å²) < 4.78 is 5.24. The largest absolute Gasteiger partial charge is 0.496 e. The predicted octanol–water partition coefficient (Wildman–Crippen LogP) is 2.00. The molecule has 0 spiro atoms. The van der Waals surface area contributed by atoms with E-state index >= 15 is 0 Å². The predicted molar refractivity (Wildman–Crippen MR) is 65.0 cm³/mol. The van der Waals surface area contributed by atoms with E-state index in [1.165, 1.54) is 0 Å². The van der Waals surface area contributed by atoms with Gasteiger partial charge in [0.05, 0.1) is 13.2 Å². The second kappa shape index (κ2) is 5.01. The van der Waals surface area contributed by atoms with Crippen LogP contribution in [0.1, 0.15) is 23.1 Å². The Balaban J connectivity index is 2.16. The summed E-state index contributed by atoms with van der Waals surface area (Å²) in [6, 6.07) is 5.72. The highest BCUT2D eigenvalue weighted by Crippen LogP contribution is 2.24. The summed E-state index contributed by atoms with van der Waals surface area (Å²) in [5.74, 6) is 1.57. The first kappa shape index (κ1) is 11.7. The summed E-state index contributed by atoms with van der Waals surface area (Å²) in [7, 11) is 1.63. The number of ether oxygens (including phenoxy) is 1. The van der Waals surface area contributed by atoms with Gasteiger partial charge in [0, 0.05) is 18.8 Å². The molecule has 0 aliphatic rings. The Bertz CT molecular complexity index is 480. The van der Waals surface area contributed by atoms with Crippen molar-refractivity contribution in [1.82, 2.24) is 9.97 Å². The van der Waals surface area contributed by atoms with E-state index in [2.05, 4.69) is 9.97 Å². The van der Waals surface area contributed by atoms with E-state index < -0.39 is 6.10 Å². The normalized spacial score (nSPS) is 12.4. The number of aliphatic hydroxyl groups excluding tert-OH is 1. The Hall–Kier alpha value is -1.81. The number of H-pyrrole nitrogens is 1. The minimum absolute atomic E-state index is 0.471. The Labute approximate surface area is 100 Å². The van der Waals surface area contributed by atoms with Crippen LogP contribution in [0.5, 0.6) is 5.75 Å². The van der Waals surface area contributed by atoms with E-state index in [-0.39, 0.29) is 0 Å². The van der Waals surface area contributed by atoms with Crippen LogP contribution >= 0.6 is 0 Å². The number of aryl methyl sites for hydroxylation is 1. The summed E-state index contributed by atoms with van der Waals surface area (Å²) in [5, 5.41) is 10.1. The van der Waals surface area contributed by atoms with Crippen molar-refractivity contribution < 1.29 is 9.84 Å². The Kier molecular flexibility index (Phi) is 3.44. The number of rotatable bonds is 4. The van der Waals surface area contributed by atoms with Crippen LogP contribution in [0.15, 0.2) is 30.6 Å². The van der Waals surface area contributed by atoms with E-state index in [4.69, 9.17) is 4.74 Å². The summed E-state index contributed by atoms with van der Waals surface area (Å²) in [6.45, 7) is 1.97. The van der Waals surface area contributed by atoms with Crippen molar-refractivity contribution >= 4 is 0 Å². The van der Waals surface area contributed by atoms with Crippen LogP contribution in [0.4, 0.5) is 0 Å². The molecule has 0 bridgehead atoms. The number of hydrogen-bond donors (Lipinski definition) is 2. The first-order valence-corrected chi connectivity index (χ1v) is 5.51. The van der Waals surface area contributed by atoms with Crippen molar-refractivity contribution in [2.24, 2.45) is 0 Å². The monoisotopic (exact) mass is 232 g/mol. The molecular formula is C13H16N2O2. The van der Waals surface area contributed by atoms with Gasteiger partial charge in [0.1, 0.15) is 11.6 Å². The topological polar surface area (TPSA) is 58.1 Å². The molecule has 1 aromatic heterocycles. The van der Waals surface area contributed by atoms with Crippen LogP contribution in [-0.2, 0) is 6.42 Å². The van der Waals surface area contributed by atoms with Gasteiger partial charge < -0.3 is 14.8 Å². The van der Waals surface area contributed by atoms with E-state index in [1.807, 2.05) is 25.1 Å². The van der Waals surface area contributed by atoms with Gasteiger partial charge in [0.25, 0.3) is 0 Å². The van der Waals surface area contributed by atoms with Crippen molar-refractivity contribution in [2.75, 3.05) is 7.11 Å². The molecule has 17 heavy (non-hydrogen) atoms. The average Bonchev–Trinajstić information content (AvgIpc) is 2.82. The van der Waals surface area contributed by atoms with Gasteiger partial charge in [-0.05, 0) is 24.1 Å². The van der Waals surface area contributed by atoms with Gasteiger partial charge in [-0.2, -0.15) is 0 Å². The molecule has 90 valence electrons. The first-order chi connectivity index (χ1) is 8.20. The Morgan fingerprint density at radius 3 is 2.94 bits per heavy atom. The van der Waals surface area contributed by atoms with Crippen LogP contribution in [-0.4, -0.2) is 22.2 Å². The van der Waals surface area contributed by atoms with Gasteiger partial charge in [-0.1, -0.05) is 12.1 Å². The highest BCUT2D eigenvalue weighted by atomic mass is 16.5. The van der Waals surface area contributed by atoms with Crippen LogP contribution in [0, 0.1) is 6.92 Å². The molecule has 0 amide bonds. The van der Waals surface area contributed by atoms with Crippen molar-refractivity contribution in [3.05, 3.63) is 47.5 Å².